The Morgan fingerprint density at radius 3 is 2.61 bits per heavy atom. The summed E-state index contributed by atoms with van der Waals surface area (Å²) < 4.78 is 38.5. The summed E-state index contributed by atoms with van der Waals surface area (Å²) in [5.74, 6) is -0.138. The van der Waals surface area contributed by atoms with Crippen molar-refractivity contribution in [2.45, 2.75) is 43.3 Å². The van der Waals surface area contributed by atoms with Gasteiger partial charge in [0.2, 0.25) is 5.91 Å². The highest BCUT2D eigenvalue weighted by molar-refractivity contribution is 5.91. The van der Waals surface area contributed by atoms with Crippen LogP contribution in [0.25, 0.3) is 0 Å². The summed E-state index contributed by atoms with van der Waals surface area (Å²) in [6.45, 7) is 1.68. The second-order valence-electron chi connectivity index (χ2n) is 6.18. The molecule has 1 aliphatic heterocycles. The molecule has 0 radical (unpaired) electrons. The third-order valence-electron chi connectivity index (χ3n) is 4.56. The predicted octanol–water partition coefficient (Wildman–Crippen LogP) is 3.03. The lowest BCUT2D eigenvalue weighted by atomic mass is 9.92. The topological polar surface area (TPSA) is 41.1 Å². The van der Waals surface area contributed by atoms with Crippen LogP contribution in [0.3, 0.4) is 0 Å². The number of benzene rings is 1. The van der Waals surface area contributed by atoms with Gasteiger partial charge in [0.15, 0.2) is 0 Å². The molecular weight excluding hydrogens is 329 g/mol. The molecule has 0 bridgehead atoms. The van der Waals surface area contributed by atoms with Gasteiger partial charge in [-0.2, -0.15) is 13.2 Å². The minimum atomic E-state index is -4.38. The van der Waals surface area contributed by atoms with E-state index in [-0.39, 0.29) is 24.4 Å². The number of carbonyl (C=O) groups excluding carboxylic acids is 1. The van der Waals surface area contributed by atoms with E-state index in [0.717, 1.165) is 38.1 Å². The first-order valence-electron chi connectivity index (χ1n) is 7.61. The Morgan fingerprint density at radius 1 is 1.30 bits per heavy atom. The minimum absolute atomic E-state index is 0. The molecule has 1 saturated heterocycles. The molecule has 1 aliphatic carbocycles. The van der Waals surface area contributed by atoms with Crippen LogP contribution in [0.5, 0.6) is 0 Å². The smallest absolute Gasteiger partial charge is 0.351 e. The minimum Gasteiger partial charge on any atom is -0.351 e. The zero-order valence-corrected chi connectivity index (χ0v) is 13.4. The van der Waals surface area contributed by atoms with Crippen LogP contribution < -0.4 is 10.6 Å². The second-order valence-corrected chi connectivity index (χ2v) is 6.18. The van der Waals surface area contributed by atoms with Crippen molar-refractivity contribution in [3.8, 4) is 0 Å². The number of carbonyl (C=O) groups is 1. The highest BCUT2D eigenvalue weighted by Crippen LogP contribution is 2.49. The number of hydrogen-bond acceptors (Lipinski definition) is 2. The highest BCUT2D eigenvalue weighted by Gasteiger charge is 2.52. The molecule has 3 nitrogen and oxygen atoms in total. The Hall–Kier alpha value is -1.27. The molecule has 128 valence electrons. The molecule has 2 aliphatic rings. The Balaban J connectivity index is 0.00000192. The number of nitrogens with one attached hydrogen (secondary N) is 2. The summed E-state index contributed by atoms with van der Waals surface area (Å²) in [4.78, 5) is 12.5. The van der Waals surface area contributed by atoms with Crippen molar-refractivity contribution in [1.29, 1.82) is 0 Å². The van der Waals surface area contributed by atoms with E-state index in [9.17, 15) is 18.0 Å². The van der Waals surface area contributed by atoms with Crippen LogP contribution in [-0.2, 0) is 16.4 Å². The molecule has 2 fully saturated rings. The third-order valence-corrected chi connectivity index (χ3v) is 4.56. The second kappa shape index (κ2) is 6.69. The van der Waals surface area contributed by atoms with Gasteiger partial charge in [0, 0.05) is 12.6 Å². The molecule has 0 unspecified atom stereocenters. The van der Waals surface area contributed by atoms with E-state index in [1.54, 1.807) is 6.07 Å². The van der Waals surface area contributed by atoms with Crippen LogP contribution in [-0.4, -0.2) is 25.0 Å². The molecule has 1 aromatic rings. The largest absolute Gasteiger partial charge is 0.416 e. The van der Waals surface area contributed by atoms with Crippen molar-refractivity contribution >= 4 is 18.3 Å². The van der Waals surface area contributed by atoms with Gasteiger partial charge in [0.1, 0.15) is 0 Å². The number of piperidine rings is 1. The van der Waals surface area contributed by atoms with E-state index in [1.165, 1.54) is 6.07 Å². The summed E-state index contributed by atoms with van der Waals surface area (Å²) in [7, 11) is 0. The van der Waals surface area contributed by atoms with E-state index in [4.69, 9.17) is 0 Å². The summed E-state index contributed by atoms with van der Waals surface area (Å²) in [6.07, 6.45) is -1.24. The van der Waals surface area contributed by atoms with Crippen LogP contribution in [0.4, 0.5) is 13.2 Å². The number of halogens is 4. The average Bonchev–Trinajstić information content (AvgIpc) is 3.29. The summed E-state index contributed by atoms with van der Waals surface area (Å²) >= 11 is 0. The van der Waals surface area contributed by atoms with Crippen molar-refractivity contribution in [2.75, 3.05) is 13.1 Å². The number of rotatable bonds is 3. The predicted molar refractivity (Wildman–Crippen MR) is 83.6 cm³/mol. The van der Waals surface area contributed by atoms with Crippen LogP contribution in [0, 0.1) is 0 Å². The molecule has 7 heteroatoms. The van der Waals surface area contributed by atoms with Gasteiger partial charge in [0.25, 0.3) is 0 Å². The molecule has 3 rings (SSSR count). The van der Waals surface area contributed by atoms with E-state index in [1.807, 2.05) is 0 Å². The molecule has 2 N–H and O–H groups in total. The van der Waals surface area contributed by atoms with E-state index < -0.39 is 17.2 Å². The highest BCUT2D eigenvalue weighted by atomic mass is 35.5. The van der Waals surface area contributed by atoms with Crippen molar-refractivity contribution in [1.82, 2.24) is 10.6 Å². The van der Waals surface area contributed by atoms with Crippen molar-refractivity contribution in [2.24, 2.45) is 0 Å². The van der Waals surface area contributed by atoms with E-state index >= 15 is 0 Å². The fourth-order valence-electron chi connectivity index (χ4n) is 3.06. The van der Waals surface area contributed by atoms with Gasteiger partial charge in [-0.25, -0.2) is 0 Å². The van der Waals surface area contributed by atoms with E-state index in [2.05, 4.69) is 10.6 Å². The maximum Gasteiger partial charge on any atom is 0.416 e. The van der Waals surface area contributed by atoms with Gasteiger partial charge in [-0.05, 0) is 43.9 Å². The molecule has 1 heterocycles. The van der Waals surface area contributed by atoms with Crippen molar-refractivity contribution in [3.05, 3.63) is 35.4 Å². The first-order chi connectivity index (χ1) is 10.4. The van der Waals surface area contributed by atoms with E-state index in [0.29, 0.717) is 18.4 Å². The number of amides is 1. The van der Waals surface area contributed by atoms with Crippen LogP contribution in [0.1, 0.15) is 36.8 Å². The Kier molecular flexibility index (Phi) is 5.26. The van der Waals surface area contributed by atoms with Gasteiger partial charge in [0.05, 0.1) is 11.0 Å². The average molecular weight is 349 g/mol. The number of alkyl halides is 3. The Morgan fingerprint density at radius 2 is 2.04 bits per heavy atom. The van der Waals surface area contributed by atoms with Gasteiger partial charge in [-0.15, -0.1) is 12.4 Å². The van der Waals surface area contributed by atoms with Gasteiger partial charge in [-0.3, -0.25) is 4.79 Å². The number of hydrogen-bond donors (Lipinski definition) is 2. The molecule has 0 spiro atoms. The van der Waals surface area contributed by atoms with Crippen LogP contribution in [0.15, 0.2) is 24.3 Å². The molecule has 1 atom stereocenters. The molecule has 1 amide bonds. The third kappa shape index (κ3) is 3.80. The normalized spacial score (nSPS) is 22.8. The maximum absolute atomic E-state index is 12.8. The SMILES string of the molecule is Cl.O=C(N[C@H]1CCCNC1)C1(c2cccc(C(F)(F)F)c2)CC1. The molecule has 1 saturated carbocycles. The molecule has 23 heavy (non-hydrogen) atoms. The summed E-state index contributed by atoms with van der Waals surface area (Å²) in [6, 6.07) is 5.24. The summed E-state index contributed by atoms with van der Waals surface area (Å²) in [5, 5.41) is 6.21. The fraction of sp³-hybridized carbons (Fsp3) is 0.562. The molecule has 0 aromatic heterocycles. The van der Waals surface area contributed by atoms with Crippen LogP contribution >= 0.6 is 12.4 Å². The van der Waals surface area contributed by atoms with Crippen molar-refractivity contribution < 1.29 is 18.0 Å². The lowest BCUT2D eigenvalue weighted by Gasteiger charge is -2.26. The van der Waals surface area contributed by atoms with Gasteiger partial charge < -0.3 is 10.6 Å². The lowest BCUT2D eigenvalue weighted by molar-refractivity contribution is -0.137. The summed E-state index contributed by atoms with van der Waals surface area (Å²) in [5.41, 5.74) is -0.981. The molecule has 1 aromatic carbocycles. The Bertz CT molecular complexity index is 567. The van der Waals surface area contributed by atoms with Crippen LogP contribution in [0.2, 0.25) is 0 Å². The monoisotopic (exact) mass is 348 g/mol. The quantitative estimate of drug-likeness (QED) is 0.881. The maximum atomic E-state index is 12.8. The lowest BCUT2D eigenvalue weighted by Crippen LogP contribution is -2.48. The first kappa shape index (κ1) is 18.1. The Labute approximate surface area is 139 Å². The standard InChI is InChI=1S/C16H19F3N2O.ClH/c17-16(18,19)12-4-1-3-11(9-12)15(6-7-15)14(22)21-13-5-2-8-20-10-13;/h1,3-4,9,13,20H,2,5-8,10H2,(H,21,22);1H/t13-;/m0./s1. The van der Waals surface area contributed by atoms with Gasteiger partial charge >= 0.3 is 6.18 Å². The zero-order valence-electron chi connectivity index (χ0n) is 12.6. The van der Waals surface area contributed by atoms with Crippen molar-refractivity contribution in [3.63, 3.8) is 0 Å². The molecular formula is C16H20ClF3N2O. The zero-order chi connectivity index (χ0) is 15.8. The fourth-order valence-corrected chi connectivity index (χ4v) is 3.06. The first-order valence-corrected chi connectivity index (χ1v) is 7.61. The van der Waals surface area contributed by atoms with Gasteiger partial charge in [-0.1, -0.05) is 18.2 Å².